The van der Waals surface area contributed by atoms with Gasteiger partial charge in [0.15, 0.2) is 11.5 Å². The van der Waals surface area contributed by atoms with E-state index in [2.05, 4.69) is 10.2 Å². The average molecular weight is 599 g/mol. The van der Waals surface area contributed by atoms with E-state index in [4.69, 9.17) is 9.47 Å². The fourth-order valence-corrected chi connectivity index (χ4v) is 5.34. The molecule has 0 atom stereocenters. The minimum atomic E-state index is -1.14. The molecular weight excluding hydrogens is 568 g/mol. The van der Waals surface area contributed by atoms with Gasteiger partial charge in [0.1, 0.15) is 0 Å². The van der Waals surface area contributed by atoms with Gasteiger partial charge in [0.25, 0.3) is 11.1 Å². The number of aromatic nitrogens is 4. The Bertz CT molecular complexity index is 1900. The van der Waals surface area contributed by atoms with Gasteiger partial charge >= 0.3 is 11.9 Å². The largest absolute Gasteiger partial charge is 0.493 e. The second kappa shape index (κ2) is 11.8. The molecule has 0 aliphatic carbocycles. The Morgan fingerprint density at radius 1 is 0.773 bits per heavy atom. The van der Waals surface area contributed by atoms with Crippen LogP contribution >= 0.6 is 0 Å². The minimum Gasteiger partial charge on any atom is -0.493 e. The maximum Gasteiger partial charge on any atom is 0.335 e. The van der Waals surface area contributed by atoms with E-state index in [0.717, 1.165) is 0 Å². The Hall–Kier alpha value is -5.78. The zero-order valence-corrected chi connectivity index (χ0v) is 24.4. The van der Waals surface area contributed by atoms with Gasteiger partial charge in [-0.3, -0.25) is 19.8 Å². The quantitative estimate of drug-likeness (QED) is 0.185. The first-order valence-corrected chi connectivity index (χ1v) is 13.7. The lowest BCUT2D eigenvalue weighted by Gasteiger charge is -2.18. The number of ether oxygens (including phenoxy) is 2. The monoisotopic (exact) mass is 598 g/mol. The van der Waals surface area contributed by atoms with Crippen LogP contribution in [0.4, 0.5) is 0 Å². The highest BCUT2D eigenvalue weighted by atomic mass is 16.5. The van der Waals surface area contributed by atoms with Gasteiger partial charge in [0, 0.05) is 17.3 Å². The summed E-state index contributed by atoms with van der Waals surface area (Å²) in [7, 11) is 1.51. The lowest BCUT2D eigenvalue weighted by atomic mass is 9.85. The molecule has 0 spiro atoms. The number of benzene rings is 3. The third-order valence-corrected chi connectivity index (χ3v) is 7.33. The van der Waals surface area contributed by atoms with Crippen LogP contribution in [0.15, 0.2) is 76.3 Å². The lowest BCUT2D eigenvalue weighted by Crippen LogP contribution is -2.25. The molecule has 226 valence electrons. The van der Waals surface area contributed by atoms with Crippen molar-refractivity contribution in [2.24, 2.45) is 0 Å². The SMILES string of the molecule is CCOc1cc(C(c2c(C)[nH]n(-c3cccc(C(=O)O)c3)c2=O)c2c(C)[nH]n(-c3cccc(C(=O)O)c3)c2=O)ccc1OC. The minimum absolute atomic E-state index is 0.00391. The number of aromatic amines is 2. The van der Waals surface area contributed by atoms with Crippen molar-refractivity contribution >= 4 is 11.9 Å². The highest BCUT2D eigenvalue weighted by molar-refractivity contribution is 5.88. The van der Waals surface area contributed by atoms with E-state index in [0.29, 0.717) is 46.4 Å². The number of carboxylic acids is 2. The van der Waals surface area contributed by atoms with Gasteiger partial charge in [-0.25, -0.2) is 19.0 Å². The molecule has 2 heterocycles. The second-order valence-electron chi connectivity index (χ2n) is 10.1. The normalized spacial score (nSPS) is 11.1. The third kappa shape index (κ3) is 5.28. The summed E-state index contributed by atoms with van der Waals surface area (Å²) in [6.45, 7) is 5.57. The van der Waals surface area contributed by atoms with Crippen molar-refractivity contribution in [3.8, 4) is 22.9 Å². The number of rotatable bonds is 10. The number of hydrogen-bond donors (Lipinski definition) is 4. The predicted molar refractivity (Wildman–Crippen MR) is 161 cm³/mol. The molecule has 0 radical (unpaired) electrons. The van der Waals surface area contributed by atoms with Crippen LogP contribution in [0.2, 0.25) is 0 Å². The van der Waals surface area contributed by atoms with Gasteiger partial charge in [-0.1, -0.05) is 18.2 Å². The summed E-state index contributed by atoms with van der Waals surface area (Å²) in [5.74, 6) is -2.31. The Kier molecular flexibility index (Phi) is 7.99. The van der Waals surface area contributed by atoms with Crippen molar-refractivity contribution in [1.29, 1.82) is 0 Å². The van der Waals surface area contributed by atoms with Crippen LogP contribution in [0.1, 0.15) is 61.6 Å². The Morgan fingerprint density at radius 3 is 1.70 bits per heavy atom. The number of aryl methyl sites for hydroxylation is 2. The van der Waals surface area contributed by atoms with Gasteiger partial charge in [-0.05, 0) is 74.9 Å². The van der Waals surface area contributed by atoms with Gasteiger partial charge in [0.2, 0.25) is 0 Å². The van der Waals surface area contributed by atoms with Crippen molar-refractivity contribution in [3.63, 3.8) is 0 Å². The van der Waals surface area contributed by atoms with Crippen molar-refractivity contribution in [2.75, 3.05) is 13.7 Å². The van der Waals surface area contributed by atoms with Crippen LogP contribution in [-0.4, -0.2) is 55.4 Å². The number of methoxy groups -OCH3 is 1. The molecule has 0 aliphatic rings. The summed E-state index contributed by atoms with van der Waals surface area (Å²) in [6, 6.07) is 17.0. The molecule has 5 rings (SSSR count). The van der Waals surface area contributed by atoms with Crippen LogP contribution in [0.5, 0.6) is 11.5 Å². The molecule has 2 aromatic heterocycles. The van der Waals surface area contributed by atoms with Crippen molar-refractivity contribution in [1.82, 2.24) is 19.6 Å². The van der Waals surface area contributed by atoms with E-state index in [1.807, 2.05) is 6.92 Å². The molecule has 4 N–H and O–H groups in total. The smallest absolute Gasteiger partial charge is 0.335 e. The van der Waals surface area contributed by atoms with Crippen LogP contribution in [-0.2, 0) is 0 Å². The molecular formula is C32H30N4O8. The number of H-pyrrole nitrogens is 2. The topological polar surface area (TPSA) is 169 Å². The van der Waals surface area contributed by atoms with E-state index in [1.54, 1.807) is 44.2 Å². The first-order chi connectivity index (χ1) is 21.0. The third-order valence-electron chi connectivity index (χ3n) is 7.33. The molecule has 0 aliphatic heterocycles. The van der Waals surface area contributed by atoms with Gasteiger partial charge in [-0.2, -0.15) is 0 Å². The summed E-state index contributed by atoms with van der Waals surface area (Å²) < 4.78 is 13.8. The average Bonchev–Trinajstić information content (AvgIpc) is 3.47. The molecule has 3 aromatic carbocycles. The van der Waals surface area contributed by atoms with Gasteiger partial charge in [-0.15, -0.1) is 0 Å². The van der Waals surface area contributed by atoms with Crippen LogP contribution in [0, 0.1) is 13.8 Å². The molecule has 12 nitrogen and oxygen atoms in total. The first kappa shape index (κ1) is 29.7. The van der Waals surface area contributed by atoms with E-state index in [9.17, 15) is 29.4 Å². The summed E-state index contributed by atoms with van der Waals surface area (Å²) in [5.41, 5.74) is 1.63. The molecule has 12 heteroatoms. The molecule has 0 saturated heterocycles. The Balaban J connectivity index is 1.78. The molecule has 44 heavy (non-hydrogen) atoms. The maximum absolute atomic E-state index is 14.2. The number of nitrogens with zero attached hydrogens (tertiary/aromatic N) is 2. The summed E-state index contributed by atoms with van der Waals surface area (Å²) in [5, 5.41) is 25.1. The number of nitrogens with one attached hydrogen (secondary N) is 2. The summed E-state index contributed by atoms with van der Waals surface area (Å²) in [6.07, 6.45) is 0. The predicted octanol–water partition coefficient (Wildman–Crippen LogP) is 4.25. The number of carbonyl (C=O) groups is 2. The lowest BCUT2D eigenvalue weighted by molar-refractivity contribution is 0.0686. The molecule has 0 unspecified atom stereocenters. The van der Waals surface area contributed by atoms with Crippen molar-refractivity contribution in [2.45, 2.75) is 26.7 Å². The Labute approximate surface area is 250 Å². The van der Waals surface area contributed by atoms with Crippen LogP contribution in [0.25, 0.3) is 11.4 Å². The number of carboxylic acid groups (broad SMARTS) is 2. The summed E-state index contributed by atoms with van der Waals surface area (Å²) >= 11 is 0. The highest BCUT2D eigenvalue weighted by Crippen LogP contribution is 2.37. The zero-order chi connectivity index (χ0) is 31.7. The van der Waals surface area contributed by atoms with Gasteiger partial charge < -0.3 is 19.7 Å². The van der Waals surface area contributed by atoms with E-state index >= 15 is 0 Å². The van der Waals surface area contributed by atoms with Crippen LogP contribution < -0.4 is 20.6 Å². The standard InChI is InChI=1S/C32H30N4O8/c1-5-44-25-16-19(12-13-24(25)43-4)28(26-17(2)33-35(29(26)37)22-10-6-8-20(14-22)31(39)40)27-18(3)34-36(30(27)38)23-11-7-9-21(15-23)32(41)42/h6-16,28,33-34H,5H2,1-4H3,(H,39,40)(H,41,42). The van der Waals surface area contributed by atoms with E-state index in [1.165, 1.54) is 52.9 Å². The highest BCUT2D eigenvalue weighted by Gasteiger charge is 2.32. The van der Waals surface area contributed by atoms with Crippen molar-refractivity contribution in [3.05, 3.63) is 127 Å². The van der Waals surface area contributed by atoms with Crippen LogP contribution in [0.3, 0.4) is 0 Å². The maximum atomic E-state index is 14.2. The molecule has 0 amide bonds. The number of aromatic carboxylic acids is 2. The zero-order valence-electron chi connectivity index (χ0n) is 24.4. The fourth-order valence-electron chi connectivity index (χ4n) is 5.34. The van der Waals surface area contributed by atoms with E-state index < -0.39 is 29.0 Å². The molecule has 5 aromatic rings. The van der Waals surface area contributed by atoms with Crippen molar-refractivity contribution < 1.29 is 29.3 Å². The molecule has 0 bridgehead atoms. The second-order valence-corrected chi connectivity index (χ2v) is 10.1. The van der Waals surface area contributed by atoms with E-state index in [-0.39, 0.29) is 22.3 Å². The molecule has 0 saturated carbocycles. The summed E-state index contributed by atoms with van der Waals surface area (Å²) in [4.78, 5) is 51.5. The van der Waals surface area contributed by atoms with Gasteiger partial charge in [0.05, 0.1) is 47.3 Å². The first-order valence-electron chi connectivity index (χ1n) is 13.7. The Morgan fingerprint density at radius 2 is 1.27 bits per heavy atom. The fraction of sp³-hybridized carbons (Fsp3) is 0.188. The number of hydrogen-bond acceptors (Lipinski definition) is 6. The molecule has 0 fully saturated rings.